The van der Waals surface area contributed by atoms with E-state index in [1.165, 1.54) is 5.56 Å². The van der Waals surface area contributed by atoms with Gasteiger partial charge in [0.05, 0.1) is 5.69 Å². The SMILES string of the molecule is Cc1cccc(-c2c(C#N)c(N)nc3c2CCc2ccccc2-3)c1. The lowest BCUT2D eigenvalue weighted by Gasteiger charge is -2.23. The maximum Gasteiger partial charge on any atom is 0.142 e. The molecule has 1 heterocycles. The predicted molar refractivity (Wildman–Crippen MR) is 96.4 cm³/mol. The minimum absolute atomic E-state index is 0.310. The number of pyridine rings is 1. The van der Waals surface area contributed by atoms with Crippen molar-refractivity contribution in [2.45, 2.75) is 19.8 Å². The molecule has 0 bridgehead atoms. The van der Waals surface area contributed by atoms with Crippen LogP contribution in [-0.2, 0) is 12.8 Å². The number of hydrogen-bond acceptors (Lipinski definition) is 3. The second-order valence-electron chi connectivity index (χ2n) is 6.21. The number of benzene rings is 2. The van der Waals surface area contributed by atoms with Crippen molar-refractivity contribution >= 4 is 5.82 Å². The maximum absolute atomic E-state index is 9.66. The van der Waals surface area contributed by atoms with Crippen LogP contribution in [0, 0.1) is 18.3 Å². The number of nitrogens with two attached hydrogens (primary N) is 1. The molecular weight excluding hydrogens is 294 g/mol. The van der Waals surface area contributed by atoms with E-state index in [0.717, 1.165) is 46.4 Å². The van der Waals surface area contributed by atoms with Crippen LogP contribution in [0.15, 0.2) is 48.5 Å². The summed E-state index contributed by atoms with van der Waals surface area (Å²) in [6.45, 7) is 2.06. The van der Waals surface area contributed by atoms with Crippen LogP contribution in [0.2, 0.25) is 0 Å². The van der Waals surface area contributed by atoms with Gasteiger partial charge in [0.1, 0.15) is 17.5 Å². The van der Waals surface area contributed by atoms with Gasteiger partial charge in [0.25, 0.3) is 0 Å². The van der Waals surface area contributed by atoms with Crippen LogP contribution in [0.25, 0.3) is 22.4 Å². The van der Waals surface area contributed by atoms with Gasteiger partial charge in [-0.1, -0.05) is 54.1 Å². The van der Waals surface area contributed by atoms with E-state index in [0.29, 0.717) is 11.4 Å². The van der Waals surface area contributed by atoms with Gasteiger partial charge >= 0.3 is 0 Å². The Kier molecular flexibility index (Phi) is 3.32. The largest absolute Gasteiger partial charge is 0.383 e. The van der Waals surface area contributed by atoms with Crippen LogP contribution < -0.4 is 5.73 Å². The minimum atomic E-state index is 0.310. The van der Waals surface area contributed by atoms with Crippen molar-refractivity contribution in [2.75, 3.05) is 5.73 Å². The van der Waals surface area contributed by atoms with Crippen molar-refractivity contribution in [3.8, 4) is 28.5 Å². The molecule has 2 aromatic carbocycles. The third-order valence-corrected chi connectivity index (χ3v) is 4.66. The highest BCUT2D eigenvalue weighted by atomic mass is 14.9. The molecule has 4 rings (SSSR count). The van der Waals surface area contributed by atoms with Crippen molar-refractivity contribution in [3.63, 3.8) is 0 Å². The lowest BCUT2D eigenvalue weighted by atomic mass is 9.83. The molecule has 0 fully saturated rings. The van der Waals surface area contributed by atoms with E-state index in [1.54, 1.807) is 0 Å². The smallest absolute Gasteiger partial charge is 0.142 e. The summed E-state index contributed by atoms with van der Waals surface area (Å²) in [5, 5.41) is 9.66. The third-order valence-electron chi connectivity index (χ3n) is 4.66. The Morgan fingerprint density at radius 2 is 1.92 bits per heavy atom. The van der Waals surface area contributed by atoms with E-state index >= 15 is 0 Å². The molecule has 3 nitrogen and oxygen atoms in total. The van der Waals surface area contributed by atoms with Gasteiger partial charge in [0, 0.05) is 11.1 Å². The molecule has 3 heteroatoms. The second-order valence-corrected chi connectivity index (χ2v) is 6.21. The Balaban J connectivity index is 2.08. The molecule has 0 unspecified atom stereocenters. The number of aryl methyl sites for hydroxylation is 2. The van der Waals surface area contributed by atoms with E-state index in [2.05, 4.69) is 48.3 Å². The molecule has 0 aliphatic heterocycles. The molecule has 24 heavy (non-hydrogen) atoms. The van der Waals surface area contributed by atoms with Crippen LogP contribution in [0.1, 0.15) is 22.3 Å². The molecule has 116 valence electrons. The first-order valence-corrected chi connectivity index (χ1v) is 8.07. The van der Waals surface area contributed by atoms with Crippen molar-refractivity contribution in [3.05, 3.63) is 70.8 Å². The summed E-state index contributed by atoms with van der Waals surface area (Å²) < 4.78 is 0. The number of anilines is 1. The molecule has 1 aromatic heterocycles. The summed E-state index contributed by atoms with van der Waals surface area (Å²) >= 11 is 0. The number of rotatable bonds is 1. The van der Waals surface area contributed by atoms with Gasteiger partial charge in [-0.15, -0.1) is 0 Å². The number of aromatic nitrogens is 1. The summed E-state index contributed by atoms with van der Waals surface area (Å²) in [6.07, 6.45) is 1.83. The highest BCUT2D eigenvalue weighted by molar-refractivity contribution is 5.86. The van der Waals surface area contributed by atoms with Gasteiger partial charge in [0.2, 0.25) is 0 Å². The van der Waals surface area contributed by atoms with Gasteiger partial charge in [-0.2, -0.15) is 5.26 Å². The van der Waals surface area contributed by atoms with Gasteiger partial charge in [0.15, 0.2) is 0 Å². The quantitative estimate of drug-likeness (QED) is 0.729. The average molecular weight is 311 g/mol. The van der Waals surface area contributed by atoms with E-state index in [9.17, 15) is 5.26 Å². The fourth-order valence-corrected chi connectivity index (χ4v) is 3.57. The topological polar surface area (TPSA) is 62.7 Å². The highest BCUT2D eigenvalue weighted by Crippen LogP contribution is 2.41. The van der Waals surface area contributed by atoms with Crippen molar-refractivity contribution < 1.29 is 0 Å². The Morgan fingerprint density at radius 1 is 1.08 bits per heavy atom. The number of fused-ring (bicyclic) bond motifs is 3. The van der Waals surface area contributed by atoms with Crippen LogP contribution in [0.4, 0.5) is 5.82 Å². The summed E-state index contributed by atoms with van der Waals surface area (Å²) in [5.41, 5.74) is 14.3. The van der Waals surface area contributed by atoms with E-state index in [-0.39, 0.29) is 0 Å². The van der Waals surface area contributed by atoms with Crippen molar-refractivity contribution in [2.24, 2.45) is 0 Å². The normalized spacial score (nSPS) is 12.2. The standard InChI is InChI=1S/C21H17N3/c1-13-5-4-7-15(11-13)19-17-10-9-14-6-2-3-8-16(14)20(17)24-21(23)18(19)12-22/h2-8,11H,9-10H2,1H3,(H2,23,24). The lowest BCUT2D eigenvalue weighted by Crippen LogP contribution is -2.11. The number of nitriles is 1. The lowest BCUT2D eigenvalue weighted by molar-refractivity contribution is 0.929. The molecule has 0 spiro atoms. The predicted octanol–water partition coefficient (Wildman–Crippen LogP) is 4.28. The first-order valence-electron chi connectivity index (χ1n) is 8.07. The first kappa shape index (κ1) is 14.5. The molecule has 0 saturated carbocycles. The Bertz CT molecular complexity index is 996. The van der Waals surface area contributed by atoms with Gasteiger partial charge in [-0.3, -0.25) is 0 Å². The zero-order chi connectivity index (χ0) is 16.7. The van der Waals surface area contributed by atoms with Gasteiger partial charge in [-0.05, 0) is 36.5 Å². The Morgan fingerprint density at radius 3 is 2.71 bits per heavy atom. The molecule has 1 aliphatic rings. The van der Waals surface area contributed by atoms with Crippen LogP contribution in [0.3, 0.4) is 0 Å². The van der Waals surface area contributed by atoms with Crippen LogP contribution in [0.5, 0.6) is 0 Å². The molecule has 0 atom stereocenters. The number of hydrogen-bond donors (Lipinski definition) is 1. The maximum atomic E-state index is 9.66. The number of nitrogen functional groups attached to an aromatic ring is 1. The Labute approximate surface area is 141 Å². The second kappa shape index (κ2) is 5.50. The number of nitrogens with zero attached hydrogens (tertiary/aromatic N) is 2. The molecule has 2 N–H and O–H groups in total. The van der Waals surface area contributed by atoms with Crippen LogP contribution in [-0.4, -0.2) is 4.98 Å². The average Bonchev–Trinajstić information content (AvgIpc) is 2.60. The van der Waals surface area contributed by atoms with Gasteiger partial charge in [-0.25, -0.2) is 4.98 Å². The molecule has 0 saturated heterocycles. The third kappa shape index (κ3) is 2.16. The molecule has 0 amide bonds. The van der Waals surface area contributed by atoms with Crippen molar-refractivity contribution in [1.29, 1.82) is 5.26 Å². The van der Waals surface area contributed by atoms with Crippen LogP contribution >= 0.6 is 0 Å². The minimum Gasteiger partial charge on any atom is -0.383 e. The Hall–Kier alpha value is -3.12. The van der Waals surface area contributed by atoms with E-state index in [1.807, 2.05) is 18.2 Å². The fraction of sp³-hybridized carbons (Fsp3) is 0.143. The molecular formula is C21H17N3. The van der Waals surface area contributed by atoms with E-state index in [4.69, 9.17) is 5.73 Å². The summed E-state index contributed by atoms with van der Waals surface area (Å²) in [6, 6.07) is 18.8. The van der Waals surface area contributed by atoms with Gasteiger partial charge < -0.3 is 5.73 Å². The highest BCUT2D eigenvalue weighted by Gasteiger charge is 2.25. The monoisotopic (exact) mass is 311 g/mol. The molecule has 3 aromatic rings. The summed E-state index contributed by atoms with van der Waals surface area (Å²) in [5.74, 6) is 0.310. The molecule has 0 radical (unpaired) electrons. The summed E-state index contributed by atoms with van der Waals surface area (Å²) in [7, 11) is 0. The van der Waals surface area contributed by atoms with Crippen molar-refractivity contribution in [1.82, 2.24) is 4.98 Å². The first-order chi connectivity index (χ1) is 11.7. The zero-order valence-corrected chi connectivity index (χ0v) is 13.5. The zero-order valence-electron chi connectivity index (χ0n) is 13.5. The fourth-order valence-electron chi connectivity index (χ4n) is 3.57. The summed E-state index contributed by atoms with van der Waals surface area (Å²) in [4.78, 5) is 4.59. The van der Waals surface area contributed by atoms with E-state index < -0.39 is 0 Å². The molecule has 1 aliphatic carbocycles.